The largest absolute Gasteiger partial charge is 0.497 e. The molecule has 0 saturated heterocycles. The summed E-state index contributed by atoms with van der Waals surface area (Å²) < 4.78 is 5.11. The number of methoxy groups -OCH3 is 1. The van der Waals surface area contributed by atoms with Crippen molar-refractivity contribution in [3.63, 3.8) is 0 Å². The monoisotopic (exact) mass is 249 g/mol. The van der Waals surface area contributed by atoms with Crippen LogP contribution in [-0.2, 0) is 0 Å². The van der Waals surface area contributed by atoms with Gasteiger partial charge in [0.15, 0.2) is 0 Å². The number of aliphatic hydroxyl groups excluding tert-OH is 1. The highest BCUT2D eigenvalue weighted by Gasteiger charge is 2.11. The average molecular weight is 250 g/mol. The fraction of sp³-hybridized carbons (Fsp3) is 0.154. The van der Waals surface area contributed by atoms with E-state index in [0.29, 0.717) is 16.5 Å². The van der Waals surface area contributed by atoms with E-state index in [0.717, 1.165) is 5.56 Å². The summed E-state index contributed by atoms with van der Waals surface area (Å²) in [5.74, 6) is 0.712. The summed E-state index contributed by atoms with van der Waals surface area (Å²) in [5.41, 5.74) is 1.45. The van der Waals surface area contributed by atoms with Crippen LogP contribution in [0.15, 0.2) is 42.6 Å². The topological polar surface area (TPSA) is 42.4 Å². The minimum atomic E-state index is -0.727. The molecule has 0 radical (unpaired) electrons. The second-order valence-corrected chi connectivity index (χ2v) is 3.98. The number of aliphatic hydroxyl groups is 1. The highest BCUT2D eigenvalue weighted by molar-refractivity contribution is 6.29. The second kappa shape index (κ2) is 5.17. The summed E-state index contributed by atoms with van der Waals surface area (Å²) in [4.78, 5) is 3.94. The first kappa shape index (κ1) is 11.9. The van der Waals surface area contributed by atoms with Crippen molar-refractivity contribution in [2.24, 2.45) is 0 Å². The quantitative estimate of drug-likeness (QED) is 0.851. The molecule has 1 atom stereocenters. The zero-order valence-corrected chi connectivity index (χ0v) is 10.1. The maximum absolute atomic E-state index is 10.2. The van der Waals surface area contributed by atoms with Gasteiger partial charge in [0.1, 0.15) is 17.0 Å². The lowest BCUT2D eigenvalue weighted by atomic mass is 10.0. The summed E-state index contributed by atoms with van der Waals surface area (Å²) >= 11 is 5.70. The molecular formula is C13H12ClNO2. The first-order valence-corrected chi connectivity index (χ1v) is 5.52. The van der Waals surface area contributed by atoms with E-state index in [-0.39, 0.29) is 0 Å². The van der Waals surface area contributed by atoms with Crippen molar-refractivity contribution in [2.75, 3.05) is 7.11 Å². The Hall–Kier alpha value is -1.58. The molecule has 0 fully saturated rings. The molecule has 0 aliphatic heterocycles. The lowest BCUT2D eigenvalue weighted by Gasteiger charge is -2.12. The van der Waals surface area contributed by atoms with E-state index < -0.39 is 6.10 Å². The van der Waals surface area contributed by atoms with Crippen LogP contribution in [0, 0.1) is 0 Å². The molecule has 3 nitrogen and oxygen atoms in total. The van der Waals surface area contributed by atoms with E-state index in [1.807, 2.05) is 18.2 Å². The fourth-order valence-electron chi connectivity index (χ4n) is 1.55. The molecule has 2 rings (SSSR count). The molecule has 1 aromatic heterocycles. The van der Waals surface area contributed by atoms with Gasteiger partial charge in [0, 0.05) is 11.8 Å². The first-order chi connectivity index (χ1) is 8.20. The van der Waals surface area contributed by atoms with Gasteiger partial charge >= 0.3 is 0 Å². The number of pyridine rings is 1. The van der Waals surface area contributed by atoms with Crippen LogP contribution in [0.4, 0.5) is 0 Å². The molecule has 0 aliphatic carbocycles. The number of nitrogens with zero attached hydrogens (tertiary/aromatic N) is 1. The normalized spacial score (nSPS) is 12.2. The van der Waals surface area contributed by atoms with E-state index in [9.17, 15) is 5.11 Å². The van der Waals surface area contributed by atoms with E-state index in [2.05, 4.69) is 4.98 Å². The van der Waals surface area contributed by atoms with Gasteiger partial charge in [0.2, 0.25) is 0 Å². The van der Waals surface area contributed by atoms with Crippen molar-refractivity contribution >= 4 is 11.6 Å². The molecule has 0 saturated carbocycles. The number of hydrogen-bond acceptors (Lipinski definition) is 3. The highest BCUT2D eigenvalue weighted by atomic mass is 35.5. The first-order valence-electron chi connectivity index (χ1n) is 5.14. The highest BCUT2D eigenvalue weighted by Crippen LogP contribution is 2.24. The Labute approximate surface area is 105 Å². The Balaban J connectivity index is 2.29. The van der Waals surface area contributed by atoms with Crippen molar-refractivity contribution in [2.45, 2.75) is 6.10 Å². The lowest BCUT2D eigenvalue weighted by molar-refractivity contribution is 0.219. The van der Waals surface area contributed by atoms with Crippen LogP contribution in [0.3, 0.4) is 0 Å². The third kappa shape index (κ3) is 2.75. The van der Waals surface area contributed by atoms with Crippen molar-refractivity contribution < 1.29 is 9.84 Å². The Bertz CT molecular complexity index is 499. The van der Waals surface area contributed by atoms with Gasteiger partial charge in [0.25, 0.3) is 0 Å². The molecule has 1 unspecified atom stereocenters. The zero-order chi connectivity index (χ0) is 12.3. The van der Waals surface area contributed by atoms with Crippen LogP contribution in [0.2, 0.25) is 5.15 Å². The van der Waals surface area contributed by atoms with E-state index in [1.54, 1.807) is 31.5 Å². The smallest absolute Gasteiger partial charge is 0.129 e. The predicted octanol–water partition coefficient (Wildman–Crippen LogP) is 2.83. The summed E-state index contributed by atoms with van der Waals surface area (Å²) in [7, 11) is 1.59. The third-order valence-corrected chi connectivity index (χ3v) is 2.70. The third-order valence-electron chi connectivity index (χ3n) is 2.48. The van der Waals surface area contributed by atoms with Crippen molar-refractivity contribution in [1.82, 2.24) is 4.98 Å². The molecule has 2 aromatic rings. The van der Waals surface area contributed by atoms with Gasteiger partial charge in [-0.25, -0.2) is 4.98 Å². The minimum Gasteiger partial charge on any atom is -0.497 e. The SMILES string of the molecule is COc1cccc(C(O)c2ccc(Cl)nc2)c1. The molecule has 88 valence electrons. The van der Waals surface area contributed by atoms with Gasteiger partial charge in [-0.05, 0) is 23.8 Å². The Kier molecular flexibility index (Phi) is 3.61. The number of benzene rings is 1. The van der Waals surface area contributed by atoms with Gasteiger partial charge in [0.05, 0.1) is 7.11 Å². The fourth-order valence-corrected chi connectivity index (χ4v) is 1.66. The van der Waals surface area contributed by atoms with Crippen molar-refractivity contribution in [1.29, 1.82) is 0 Å². The van der Waals surface area contributed by atoms with E-state index in [4.69, 9.17) is 16.3 Å². The zero-order valence-electron chi connectivity index (χ0n) is 9.30. The summed E-state index contributed by atoms with van der Waals surface area (Å²) in [6, 6.07) is 10.7. The summed E-state index contributed by atoms with van der Waals surface area (Å²) in [6.07, 6.45) is 0.835. The number of hydrogen-bond donors (Lipinski definition) is 1. The van der Waals surface area contributed by atoms with Gasteiger partial charge < -0.3 is 9.84 Å². The molecule has 0 aliphatic rings. The standard InChI is InChI=1S/C13H12ClNO2/c1-17-11-4-2-3-9(7-11)13(16)10-5-6-12(14)15-8-10/h2-8,13,16H,1H3. The molecule has 17 heavy (non-hydrogen) atoms. The minimum absolute atomic E-state index is 0.409. The number of ether oxygens (including phenoxy) is 1. The number of rotatable bonds is 3. The van der Waals surface area contributed by atoms with Crippen molar-refractivity contribution in [3.8, 4) is 5.75 Å². The summed E-state index contributed by atoms with van der Waals surface area (Å²) in [6.45, 7) is 0. The van der Waals surface area contributed by atoms with Crippen LogP contribution >= 0.6 is 11.6 Å². The van der Waals surface area contributed by atoms with Gasteiger partial charge in [-0.1, -0.05) is 29.8 Å². The summed E-state index contributed by atoms with van der Waals surface area (Å²) in [5, 5.41) is 10.6. The average Bonchev–Trinajstić information content (AvgIpc) is 2.39. The molecule has 0 amide bonds. The lowest BCUT2D eigenvalue weighted by Crippen LogP contribution is -2.00. The van der Waals surface area contributed by atoms with Crippen LogP contribution in [0.1, 0.15) is 17.2 Å². The van der Waals surface area contributed by atoms with E-state index in [1.165, 1.54) is 0 Å². The second-order valence-electron chi connectivity index (χ2n) is 3.59. The number of halogens is 1. The molecule has 1 aromatic carbocycles. The number of aromatic nitrogens is 1. The molecule has 1 heterocycles. The molecule has 0 spiro atoms. The Morgan fingerprint density at radius 3 is 2.71 bits per heavy atom. The van der Waals surface area contributed by atoms with Gasteiger partial charge in [-0.15, -0.1) is 0 Å². The van der Waals surface area contributed by atoms with Gasteiger partial charge in [-0.3, -0.25) is 0 Å². The predicted molar refractivity (Wildman–Crippen MR) is 66.3 cm³/mol. The van der Waals surface area contributed by atoms with Crippen LogP contribution in [-0.4, -0.2) is 17.2 Å². The van der Waals surface area contributed by atoms with Gasteiger partial charge in [-0.2, -0.15) is 0 Å². The van der Waals surface area contributed by atoms with Crippen molar-refractivity contribution in [3.05, 3.63) is 58.9 Å². The van der Waals surface area contributed by atoms with Crippen LogP contribution in [0.5, 0.6) is 5.75 Å². The molecule has 4 heteroatoms. The maximum Gasteiger partial charge on any atom is 0.129 e. The Morgan fingerprint density at radius 2 is 2.06 bits per heavy atom. The molecule has 1 N–H and O–H groups in total. The molecular weight excluding hydrogens is 238 g/mol. The molecule has 0 bridgehead atoms. The van der Waals surface area contributed by atoms with Crippen LogP contribution in [0.25, 0.3) is 0 Å². The van der Waals surface area contributed by atoms with Crippen LogP contribution < -0.4 is 4.74 Å². The Morgan fingerprint density at radius 1 is 1.24 bits per heavy atom. The maximum atomic E-state index is 10.2. The van der Waals surface area contributed by atoms with E-state index >= 15 is 0 Å².